The van der Waals surface area contributed by atoms with Crippen LogP contribution >= 0.6 is 0 Å². The molecule has 3 rings (SSSR count). The summed E-state index contributed by atoms with van der Waals surface area (Å²) in [4.78, 5) is 2.21. The second-order valence-electron chi connectivity index (χ2n) is 4.62. The highest BCUT2D eigenvalue weighted by Gasteiger charge is 2.18. The fourth-order valence-electron chi connectivity index (χ4n) is 2.43. The molecule has 2 aromatic carbocycles. The average molecular weight is 265 g/mol. The van der Waals surface area contributed by atoms with Gasteiger partial charge in [-0.3, -0.25) is 0 Å². The number of nitriles is 1. The lowest BCUT2D eigenvalue weighted by Crippen LogP contribution is -2.30. The van der Waals surface area contributed by atoms with Crippen LogP contribution in [0.5, 0.6) is 5.75 Å². The zero-order chi connectivity index (χ0) is 13.9. The number of methoxy groups -OCH3 is 1. The van der Waals surface area contributed by atoms with Crippen molar-refractivity contribution in [3.8, 4) is 11.8 Å². The third-order valence-corrected chi connectivity index (χ3v) is 3.45. The Morgan fingerprint density at radius 3 is 2.70 bits per heavy atom. The van der Waals surface area contributed by atoms with Crippen molar-refractivity contribution in [2.45, 2.75) is 0 Å². The van der Waals surface area contributed by atoms with Crippen LogP contribution < -0.4 is 15.0 Å². The van der Waals surface area contributed by atoms with E-state index >= 15 is 0 Å². The van der Waals surface area contributed by atoms with Crippen molar-refractivity contribution in [2.24, 2.45) is 0 Å². The third kappa shape index (κ3) is 2.14. The topological polar surface area (TPSA) is 48.3 Å². The molecule has 2 aromatic rings. The van der Waals surface area contributed by atoms with Crippen LogP contribution in [-0.4, -0.2) is 20.2 Å². The van der Waals surface area contributed by atoms with Crippen LogP contribution in [0.15, 0.2) is 42.5 Å². The molecule has 1 aliphatic rings. The highest BCUT2D eigenvalue weighted by atomic mass is 16.5. The first-order valence-corrected chi connectivity index (χ1v) is 6.51. The lowest BCUT2D eigenvalue weighted by Gasteiger charge is -2.32. The number of hydrogen-bond donors (Lipinski definition) is 1. The van der Waals surface area contributed by atoms with Crippen molar-refractivity contribution in [3.63, 3.8) is 0 Å². The molecule has 20 heavy (non-hydrogen) atoms. The van der Waals surface area contributed by atoms with E-state index in [1.54, 1.807) is 7.11 Å². The van der Waals surface area contributed by atoms with Crippen LogP contribution in [0.2, 0.25) is 0 Å². The summed E-state index contributed by atoms with van der Waals surface area (Å²) in [6.07, 6.45) is 0. The highest BCUT2D eigenvalue weighted by Crippen LogP contribution is 2.35. The van der Waals surface area contributed by atoms with Crippen LogP contribution in [0.25, 0.3) is 0 Å². The van der Waals surface area contributed by atoms with Gasteiger partial charge >= 0.3 is 0 Å². The monoisotopic (exact) mass is 265 g/mol. The lowest BCUT2D eigenvalue weighted by molar-refractivity contribution is 0.415. The van der Waals surface area contributed by atoms with E-state index in [9.17, 15) is 0 Å². The fraction of sp³-hybridized carbons (Fsp3) is 0.188. The van der Waals surface area contributed by atoms with Crippen LogP contribution in [0.1, 0.15) is 5.56 Å². The van der Waals surface area contributed by atoms with Gasteiger partial charge in [0.2, 0.25) is 0 Å². The summed E-state index contributed by atoms with van der Waals surface area (Å²) in [6, 6.07) is 15.9. The zero-order valence-electron chi connectivity index (χ0n) is 11.3. The summed E-state index contributed by atoms with van der Waals surface area (Å²) in [5.41, 5.74) is 3.88. The molecular weight excluding hydrogens is 250 g/mol. The first-order chi connectivity index (χ1) is 9.81. The Kier molecular flexibility index (Phi) is 3.18. The van der Waals surface area contributed by atoms with E-state index < -0.39 is 0 Å². The molecule has 1 N–H and O–H groups in total. The van der Waals surface area contributed by atoms with Gasteiger partial charge < -0.3 is 15.0 Å². The maximum Gasteiger partial charge on any atom is 0.119 e. The molecule has 0 atom stereocenters. The van der Waals surface area contributed by atoms with E-state index in [0.29, 0.717) is 5.56 Å². The van der Waals surface area contributed by atoms with Crippen molar-refractivity contribution < 1.29 is 4.74 Å². The molecule has 0 amide bonds. The molecule has 0 fully saturated rings. The van der Waals surface area contributed by atoms with Gasteiger partial charge in [-0.25, -0.2) is 0 Å². The number of anilines is 3. The Bertz CT molecular complexity index is 658. The number of nitrogens with one attached hydrogen (secondary N) is 1. The molecule has 1 heterocycles. The van der Waals surface area contributed by atoms with E-state index in [-0.39, 0.29) is 0 Å². The van der Waals surface area contributed by atoms with Crippen LogP contribution in [-0.2, 0) is 0 Å². The van der Waals surface area contributed by atoms with E-state index in [4.69, 9.17) is 10.00 Å². The Hall–Kier alpha value is -2.67. The predicted molar refractivity (Wildman–Crippen MR) is 79.6 cm³/mol. The molecule has 0 saturated heterocycles. The first-order valence-electron chi connectivity index (χ1n) is 6.51. The van der Waals surface area contributed by atoms with Crippen molar-refractivity contribution in [1.29, 1.82) is 5.26 Å². The van der Waals surface area contributed by atoms with Gasteiger partial charge in [0.1, 0.15) is 5.75 Å². The molecule has 100 valence electrons. The van der Waals surface area contributed by atoms with Gasteiger partial charge in [-0.05, 0) is 42.5 Å². The van der Waals surface area contributed by atoms with E-state index in [2.05, 4.69) is 16.3 Å². The Balaban J connectivity index is 2.01. The molecular formula is C16H15N3O. The Morgan fingerprint density at radius 2 is 2.00 bits per heavy atom. The maximum absolute atomic E-state index is 9.06. The normalized spacial score (nSPS) is 13.1. The van der Waals surface area contributed by atoms with Gasteiger partial charge in [0.05, 0.1) is 30.1 Å². The molecule has 0 radical (unpaired) electrons. The third-order valence-electron chi connectivity index (χ3n) is 3.45. The van der Waals surface area contributed by atoms with Crippen molar-refractivity contribution in [3.05, 3.63) is 48.0 Å². The van der Waals surface area contributed by atoms with Crippen LogP contribution in [0.3, 0.4) is 0 Å². The van der Waals surface area contributed by atoms with Crippen molar-refractivity contribution in [1.82, 2.24) is 0 Å². The summed E-state index contributed by atoms with van der Waals surface area (Å²) in [6.45, 7) is 1.75. The number of nitrogens with zero attached hydrogens (tertiary/aromatic N) is 2. The van der Waals surface area contributed by atoms with Crippen LogP contribution in [0, 0.1) is 11.3 Å². The van der Waals surface area contributed by atoms with Gasteiger partial charge in [-0.1, -0.05) is 0 Å². The summed E-state index contributed by atoms with van der Waals surface area (Å²) in [7, 11) is 1.66. The van der Waals surface area contributed by atoms with Crippen molar-refractivity contribution >= 4 is 17.1 Å². The van der Waals surface area contributed by atoms with Gasteiger partial charge in [0.15, 0.2) is 0 Å². The van der Waals surface area contributed by atoms with Gasteiger partial charge in [0, 0.05) is 18.8 Å². The molecule has 0 saturated carbocycles. The zero-order valence-corrected chi connectivity index (χ0v) is 11.3. The SMILES string of the molecule is COc1ccc(N2CCNc3ccc(C#N)cc32)cc1. The van der Waals surface area contributed by atoms with Crippen molar-refractivity contribution in [2.75, 3.05) is 30.4 Å². The largest absolute Gasteiger partial charge is 0.497 e. The molecule has 1 aliphatic heterocycles. The molecule has 0 aliphatic carbocycles. The molecule has 0 bridgehead atoms. The van der Waals surface area contributed by atoms with E-state index in [1.807, 2.05) is 42.5 Å². The number of fused-ring (bicyclic) bond motifs is 1. The summed E-state index contributed by atoms with van der Waals surface area (Å²) in [5, 5.41) is 12.4. The predicted octanol–water partition coefficient (Wildman–Crippen LogP) is 3.13. The summed E-state index contributed by atoms with van der Waals surface area (Å²) >= 11 is 0. The standard InChI is InChI=1S/C16H15N3O/c1-20-14-5-3-13(4-6-14)19-9-8-18-15-7-2-12(11-17)10-16(15)19/h2-7,10,18H,8-9H2,1H3. The summed E-state index contributed by atoms with van der Waals surface area (Å²) < 4.78 is 5.19. The number of rotatable bonds is 2. The minimum absolute atomic E-state index is 0.672. The maximum atomic E-state index is 9.06. The number of hydrogen-bond acceptors (Lipinski definition) is 4. The Labute approximate surface area is 118 Å². The lowest BCUT2D eigenvalue weighted by atomic mass is 10.1. The summed E-state index contributed by atoms with van der Waals surface area (Å²) in [5.74, 6) is 0.842. The number of ether oxygens (including phenoxy) is 1. The second-order valence-corrected chi connectivity index (χ2v) is 4.62. The fourth-order valence-corrected chi connectivity index (χ4v) is 2.43. The average Bonchev–Trinajstić information content (AvgIpc) is 2.54. The molecule has 4 heteroatoms. The smallest absolute Gasteiger partial charge is 0.119 e. The Morgan fingerprint density at radius 1 is 1.20 bits per heavy atom. The molecule has 4 nitrogen and oxygen atoms in total. The highest BCUT2D eigenvalue weighted by molar-refractivity contribution is 5.79. The molecule has 0 unspecified atom stereocenters. The van der Waals surface area contributed by atoms with E-state index in [1.165, 1.54) is 0 Å². The quantitative estimate of drug-likeness (QED) is 0.906. The van der Waals surface area contributed by atoms with Gasteiger partial charge in [-0.2, -0.15) is 5.26 Å². The van der Waals surface area contributed by atoms with Gasteiger partial charge in [-0.15, -0.1) is 0 Å². The first kappa shape index (κ1) is 12.4. The second kappa shape index (κ2) is 5.14. The van der Waals surface area contributed by atoms with Crippen LogP contribution in [0.4, 0.5) is 17.1 Å². The van der Waals surface area contributed by atoms with E-state index in [0.717, 1.165) is 35.9 Å². The molecule has 0 aromatic heterocycles. The van der Waals surface area contributed by atoms with Gasteiger partial charge in [0.25, 0.3) is 0 Å². The molecule has 0 spiro atoms. The number of benzene rings is 2. The minimum Gasteiger partial charge on any atom is -0.497 e. The minimum atomic E-state index is 0.672.